The molecule has 2 fully saturated rings. The molecular weight excluding hydrogens is 180 g/mol. The van der Waals surface area contributed by atoms with E-state index in [4.69, 9.17) is 5.11 Å². The van der Waals surface area contributed by atoms with E-state index in [0.717, 1.165) is 39.0 Å². The average molecular weight is 198 g/mol. The maximum atomic E-state index is 10.8. The average Bonchev–Trinajstić information content (AvgIpc) is 2.56. The van der Waals surface area contributed by atoms with Crippen LogP contribution in [0.4, 0.5) is 4.79 Å². The van der Waals surface area contributed by atoms with Gasteiger partial charge in [0.05, 0.1) is 0 Å². The fraction of sp³-hybridized carbons (Fsp3) is 0.900. The van der Waals surface area contributed by atoms with Crippen molar-refractivity contribution in [1.29, 1.82) is 0 Å². The van der Waals surface area contributed by atoms with Gasteiger partial charge in [0.25, 0.3) is 0 Å². The van der Waals surface area contributed by atoms with Gasteiger partial charge in [-0.1, -0.05) is 6.92 Å². The third kappa shape index (κ3) is 1.47. The zero-order valence-corrected chi connectivity index (χ0v) is 8.62. The molecule has 2 rings (SSSR count). The number of amides is 1. The minimum atomic E-state index is -0.757. The van der Waals surface area contributed by atoms with Gasteiger partial charge in [0, 0.05) is 13.1 Å². The molecule has 0 aromatic heterocycles. The molecule has 14 heavy (non-hydrogen) atoms. The van der Waals surface area contributed by atoms with Crippen LogP contribution in [0.3, 0.4) is 0 Å². The summed E-state index contributed by atoms with van der Waals surface area (Å²) < 4.78 is 0. The van der Waals surface area contributed by atoms with Crippen molar-refractivity contribution in [3.8, 4) is 0 Å². The quantitative estimate of drug-likeness (QED) is 0.610. The molecule has 2 aliphatic heterocycles. The second kappa shape index (κ2) is 3.42. The molecule has 2 unspecified atom stereocenters. The van der Waals surface area contributed by atoms with Gasteiger partial charge < -0.3 is 15.3 Å². The number of likely N-dealkylation sites (tertiary alicyclic amines) is 1. The fourth-order valence-electron chi connectivity index (χ4n) is 2.78. The van der Waals surface area contributed by atoms with E-state index in [9.17, 15) is 4.79 Å². The second-order valence-corrected chi connectivity index (χ2v) is 4.67. The Labute approximate surface area is 84.3 Å². The molecule has 0 saturated carbocycles. The van der Waals surface area contributed by atoms with Crippen molar-refractivity contribution in [2.45, 2.75) is 19.8 Å². The van der Waals surface area contributed by atoms with Crippen LogP contribution in [0.25, 0.3) is 0 Å². The van der Waals surface area contributed by atoms with E-state index in [1.807, 2.05) is 0 Å². The highest BCUT2D eigenvalue weighted by Gasteiger charge is 2.44. The molecule has 0 aliphatic carbocycles. The van der Waals surface area contributed by atoms with E-state index in [1.165, 1.54) is 0 Å². The number of hydrogen-bond acceptors (Lipinski definition) is 2. The fourth-order valence-corrected chi connectivity index (χ4v) is 2.78. The summed E-state index contributed by atoms with van der Waals surface area (Å²) >= 11 is 0. The molecule has 1 spiro atoms. The highest BCUT2D eigenvalue weighted by atomic mass is 16.4. The minimum absolute atomic E-state index is 0.268. The SMILES string of the molecule is CC1CNCCC12CCN(C(=O)O)C2. The zero-order valence-electron chi connectivity index (χ0n) is 8.62. The molecule has 0 aromatic carbocycles. The Kier molecular flexibility index (Phi) is 2.39. The van der Waals surface area contributed by atoms with Crippen molar-refractivity contribution in [1.82, 2.24) is 10.2 Å². The number of piperidine rings is 1. The van der Waals surface area contributed by atoms with Crippen LogP contribution in [0.1, 0.15) is 19.8 Å². The Bertz CT molecular complexity index is 244. The van der Waals surface area contributed by atoms with E-state index >= 15 is 0 Å². The second-order valence-electron chi connectivity index (χ2n) is 4.67. The summed E-state index contributed by atoms with van der Waals surface area (Å²) in [5.74, 6) is 0.598. The van der Waals surface area contributed by atoms with Crippen LogP contribution in [0.15, 0.2) is 0 Å². The lowest BCUT2D eigenvalue weighted by Gasteiger charge is -2.39. The van der Waals surface area contributed by atoms with Gasteiger partial charge in [0.1, 0.15) is 0 Å². The Hall–Kier alpha value is -0.770. The van der Waals surface area contributed by atoms with Crippen LogP contribution in [0.2, 0.25) is 0 Å². The monoisotopic (exact) mass is 198 g/mol. The first-order chi connectivity index (χ1) is 6.64. The van der Waals surface area contributed by atoms with Gasteiger partial charge in [-0.15, -0.1) is 0 Å². The third-order valence-corrected chi connectivity index (χ3v) is 3.95. The summed E-state index contributed by atoms with van der Waals surface area (Å²) in [4.78, 5) is 12.4. The van der Waals surface area contributed by atoms with E-state index in [2.05, 4.69) is 12.2 Å². The molecule has 2 aliphatic rings. The first kappa shape index (κ1) is 9.77. The van der Waals surface area contributed by atoms with Gasteiger partial charge in [-0.2, -0.15) is 0 Å². The largest absolute Gasteiger partial charge is 0.465 e. The molecule has 4 nitrogen and oxygen atoms in total. The van der Waals surface area contributed by atoms with Gasteiger partial charge in [-0.05, 0) is 37.3 Å². The smallest absolute Gasteiger partial charge is 0.407 e. The molecule has 2 heterocycles. The number of carbonyl (C=O) groups is 1. The number of hydrogen-bond donors (Lipinski definition) is 2. The van der Waals surface area contributed by atoms with Crippen LogP contribution < -0.4 is 5.32 Å². The molecule has 2 saturated heterocycles. The molecule has 2 atom stereocenters. The van der Waals surface area contributed by atoms with E-state index in [1.54, 1.807) is 4.90 Å². The van der Waals surface area contributed by atoms with Crippen LogP contribution in [-0.4, -0.2) is 42.3 Å². The lowest BCUT2D eigenvalue weighted by atomic mass is 9.71. The van der Waals surface area contributed by atoms with Crippen molar-refractivity contribution in [2.75, 3.05) is 26.2 Å². The van der Waals surface area contributed by atoms with Gasteiger partial charge in [0.15, 0.2) is 0 Å². The Balaban J connectivity index is 2.06. The molecule has 0 bridgehead atoms. The topological polar surface area (TPSA) is 52.6 Å². The molecule has 0 aromatic rings. The first-order valence-corrected chi connectivity index (χ1v) is 5.33. The number of nitrogens with zero attached hydrogens (tertiary/aromatic N) is 1. The first-order valence-electron chi connectivity index (χ1n) is 5.33. The minimum Gasteiger partial charge on any atom is -0.465 e. The van der Waals surface area contributed by atoms with Gasteiger partial charge in [-0.3, -0.25) is 0 Å². The van der Waals surface area contributed by atoms with E-state index in [-0.39, 0.29) is 5.41 Å². The summed E-state index contributed by atoms with van der Waals surface area (Å²) in [5, 5.41) is 12.3. The predicted octanol–water partition coefficient (Wildman–Crippen LogP) is 0.986. The Morgan fingerprint density at radius 2 is 2.36 bits per heavy atom. The molecule has 4 heteroatoms. The summed E-state index contributed by atoms with van der Waals surface area (Å²) in [6.07, 6.45) is 1.41. The lowest BCUT2D eigenvalue weighted by Crippen LogP contribution is -2.45. The lowest BCUT2D eigenvalue weighted by molar-refractivity contribution is 0.114. The van der Waals surface area contributed by atoms with Crippen molar-refractivity contribution < 1.29 is 9.90 Å². The number of rotatable bonds is 0. The highest BCUT2D eigenvalue weighted by Crippen LogP contribution is 2.42. The summed E-state index contributed by atoms with van der Waals surface area (Å²) in [7, 11) is 0. The molecular formula is C10H18N2O2. The molecule has 1 amide bonds. The standard InChI is InChI=1S/C10H18N2O2/c1-8-6-11-4-2-10(8)3-5-12(7-10)9(13)14/h8,11H,2-7H2,1H3,(H,13,14). The normalized spacial score (nSPS) is 37.8. The van der Waals surface area contributed by atoms with Crippen molar-refractivity contribution in [3.63, 3.8) is 0 Å². The third-order valence-electron chi connectivity index (χ3n) is 3.95. The van der Waals surface area contributed by atoms with Crippen molar-refractivity contribution >= 4 is 6.09 Å². The van der Waals surface area contributed by atoms with Crippen molar-refractivity contribution in [3.05, 3.63) is 0 Å². The van der Waals surface area contributed by atoms with Crippen LogP contribution >= 0.6 is 0 Å². The van der Waals surface area contributed by atoms with Crippen LogP contribution in [0.5, 0.6) is 0 Å². The van der Waals surface area contributed by atoms with Crippen molar-refractivity contribution in [2.24, 2.45) is 11.3 Å². The zero-order chi connectivity index (χ0) is 10.2. The predicted molar refractivity (Wildman–Crippen MR) is 53.3 cm³/mol. The molecule has 2 N–H and O–H groups in total. The summed E-state index contributed by atoms with van der Waals surface area (Å²) in [6.45, 7) is 5.77. The van der Waals surface area contributed by atoms with Gasteiger partial charge in [-0.25, -0.2) is 4.79 Å². The summed E-state index contributed by atoms with van der Waals surface area (Å²) in [5.41, 5.74) is 0.268. The Morgan fingerprint density at radius 1 is 1.57 bits per heavy atom. The summed E-state index contributed by atoms with van der Waals surface area (Å²) in [6, 6.07) is 0. The highest BCUT2D eigenvalue weighted by molar-refractivity contribution is 5.65. The van der Waals surface area contributed by atoms with Crippen LogP contribution in [0, 0.1) is 11.3 Å². The van der Waals surface area contributed by atoms with Gasteiger partial charge >= 0.3 is 6.09 Å². The maximum absolute atomic E-state index is 10.8. The number of carboxylic acid groups (broad SMARTS) is 1. The van der Waals surface area contributed by atoms with Crippen LogP contribution in [-0.2, 0) is 0 Å². The molecule has 0 radical (unpaired) electrons. The number of nitrogens with one attached hydrogen (secondary N) is 1. The van der Waals surface area contributed by atoms with Gasteiger partial charge in [0.2, 0.25) is 0 Å². The van der Waals surface area contributed by atoms with E-state index in [0.29, 0.717) is 5.92 Å². The molecule has 80 valence electrons. The van der Waals surface area contributed by atoms with E-state index < -0.39 is 6.09 Å². The maximum Gasteiger partial charge on any atom is 0.407 e. The Morgan fingerprint density at radius 3 is 2.93 bits per heavy atom.